The molecule has 0 bridgehead atoms. The van der Waals surface area contributed by atoms with E-state index in [-0.39, 0.29) is 15.5 Å². The van der Waals surface area contributed by atoms with E-state index in [1.54, 1.807) is 0 Å². The number of halogens is 1. The Kier molecular flexibility index (Phi) is 6.15. The molecule has 0 fully saturated rings. The number of aromatic carboxylic acids is 1. The molecule has 0 unspecified atom stereocenters. The molecule has 1 aromatic rings. The van der Waals surface area contributed by atoms with Crippen LogP contribution < -0.4 is 0 Å². The van der Waals surface area contributed by atoms with Crippen LogP contribution in [0.15, 0.2) is 23.1 Å². The number of nitrogens with zero attached hydrogens (tertiary/aromatic N) is 2. The number of carboxylic acid groups (broad SMARTS) is 1. The van der Waals surface area contributed by atoms with Gasteiger partial charge in [0.25, 0.3) is 0 Å². The van der Waals surface area contributed by atoms with Gasteiger partial charge in [-0.1, -0.05) is 11.6 Å². The van der Waals surface area contributed by atoms with Crippen molar-refractivity contribution in [3.63, 3.8) is 0 Å². The topological polar surface area (TPSA) is 77.9 Å². The molecule has 0 aliphatic carbocycles. The lowest BCUT2D eigenvalue weighted by Gasteiger charge is -2.18. The van der Waals surface area contributed by atoms with Crippen LogP contribution in [0.5, 0.6) is 0 Å². The van der Waals surface area contributed by atoms with Gasteiger partial charge in [-0.05, 0) is 45.3 Å². The number of benzene rings is 1. The number of hydrogen-bond donors (Lipinski definition) is 1. The average Bonchev–Trinajstić information content (AvgIpc) is 2.37. The summed E-state index contributed by atoms with van der Waals surface area (Å²) in [6.45, 7) is 1.12. The van der Waals surface area contributed by atoms with Crippen molar-refractivity contribution in [3.8, 4) is 0 Å². The lowest BCUT2D eigenvalue weighted by atomic mass is 10.2. The first-order valence-electron chi connectivity index (χ1n) is 6.30. The Morgan fingerprint density at radius 2 is 1.86 bits per heavy atom. The van der Waals surface area contributed by atoms with Crippen LogP contribution in [0.3, 0.4) is 0 Å². The first-order valence-corrected chi connectivity index (χ1v) is 8.12. The quantitative estimate of drug-likeness (QED) is 0.819. The van der Waals surface area contributed by atoms with E-state index < -0.39 is 16.0 Å². The van der Waals surface area contributed by atoms with Crippen LogP contribution in [0.4, 0.5) is 0 Å². The zero-order chi connectivity index (χ0) is 16.2. The van der Waals surface area contributed by atoms with Gasteiger partial charge in [-0.3, -0.25) is 0 Å². The number of carbonyl (C=O) groups is 1. The van der Waals surface area contributed by atoms with Crippen LogP contribution in [0.2, 0.25) is 5.02 Å². The van der Waals surface area contributed by atoms with Crippen LogP contribution in [-0.2, 0) is 10.0 Å². The molecule has 21 heavy (non-hydrogen) atoms. The molecule has 1 rings (SSSR count). The Morgan fingerprint density at radius 1 is 1.24 bits per heavy atom. The predicted octanol–water partition coefficient (Wildman–Crippen LogP) is 1.61. The third-order valence-electron chi connectivity index (χ3n) is 2.95. The van der Waals surface area contributed by atoms with E-state index in [9.17, 15) is 13.2 Å². The highest BCUT2D eigenvalue weighted by atomic mass is 35.5. The molecule has 0 saturated heterocycles. The normalized spacial score (nSPS) is 12.1. The van der Waals surface area contributed by atoms with Crippen molar-refractivity contribution >= 4 is 27.6 Å². The SMILES string of the molecule is CN(C)CCCN(C)S(=O)(=O)c1ccc(Cl)c(C(=O)O)c1. The van der Waals surface area contributed by atoms with E-state index in [1.807, 2.05) is 19.0 Å². The molecular formula is C13H19ClN2O4S. The molecule has 0 amide bonds. The monoisotopic (exact) mass is 334 g/mol. The highest BCUT2D eigenvalue weighted by Gasteiger charge is 2.22. The minimum atomic E-state index is -3.72. The smallest absolute Gasteiger partial charge is 0.337 e. The molecule has 0 spiro atoms. The number of sulfonamides is 1. The third kappa shape index (κ3) is 4.67. The third-order valence-corrected chi connectivity index (χ3v) is 5.14. The predicted molar refractivity (Wildman–Crippen MR) is 81.4 cm³/mol. The summed E-state index contributed by atoms with van der Waals surface area (Å²) in [6, 6.07) is 3.68. The van der Waals surface area contributed by atoms with Crippen LogP contribution in [0.25, 0.3) is 0 Å². The number of rotatable bonds is 7. The number of carboxylic acids is 1. The fourth-order valence-corrected chi connectivity index (χ4v) is 3.17. The molecule has 8 heteroatoms. The van der Waals surface area contributed by atoms with Crippen LogP contribution in [0.1, 0.15) is 16.8 Å². The first-order chi connectivity index (χ1) is 9.66. The molecular weight excluding hydrogens is 316 g/mol. The van der Waals surface area contributed by atoms with E-state index in [0.29, 0.717) is 13.0 Å². The summed E-state index contributed by atoms with van der Waals surface area (Å²) in [5.41, 5.74) is -0.223. The van der Waals surface area contributed by atoms with Crippen molar-refractivity contribution in [1.29, 1.82) is 0 Å². The van der Waals surface area contributed by atoms with Gasteiger partial charge in [-0.25, -0.2) is 17.5 Å². The Bertz CT molecular complexity index is 617. The van der Waals surface area contributed by atoms with Crippen molar-refractivity contribution in [2.24, 2.45) is 0 Å². The lowest BCUT2D eigenvalue weighted by molar-refractivity contribution is 0.0697. The van der Waals surface area contributed by atoms with Gasteiger partial charge in [-0.2, -0.15) is 0 Å². The van der Waals surface area contributed by atoms with Crippen LogP contribution in [-0.4, -0.2) is 62.9 Å². The zero-order valence-electron chi connectivity index (χ0n) is 12.2. The molecule has 0 aromatic heterocycles. The Hall–Kier alpha value is -1.15. The Labute approximate surface area is 130 Å². The highest BCUT2D eigenvalue weighted by molar-refractivity contribution is 7.89. The van der Waals surface area contributed by atoms with Gasteiger partial charge in [0.15, 0.2) is 0 Å². The van der Waals surface area contributed by atoms with Crippen molar-refractivity contribution in [1.82, 2.24) is 9.21 Å². The Morgan fingerprint density at radius 3 is 2.38 bits per heavy atom. The molecule has 0 saturated carbocycles. The largest absolute Gasteiger partial charge is 0.478 e. The zero-order valence-corrected chi connectivity index (χ0v) is 13.8. The van der Waals surface area contributed by atoms with Gasteiger partial charge < -0.3 is 10.0 Å². The van der Waals surface area contributed by atoms with E-state index in [4.69, 9.17) is 16.7 Å². The Balaban J connectivity index is 2.97. The molecule has 6 nitrogen and oxygen atoms in total. The maximum absolute atomic E-state index is 12.4. The highest BCUT2D eigenvalue weighted by Crippen LogP contribution is 2.22. The molecule has 0 heterocycles. The summed E-state index contributed by atoms with van der Waals surface area (Å²) in [5, 5.41) is 9.01. The van der Waals surface area contributed by atoms with Crippen molar-refractivity contribution < 1.29 is 18.3 Å². The van der Waals surface area contributed by atoms with E-state index in [2.05, 4.69) is 0 Å². The summed E-state index contributed by atoms with van der Waals surface area (Å²) >= 11 is 5.74. The lowest BCUT2D eigenvalue weighted by Crippen LogP contribution is -2.30. The number of hydrogen-bond acceptors (Lipinski definition) is 4. The fraction of sp³-hybridized carbons (Fsp3) is 0.462. The molecule has 0 atom stereocenters. The maximum Gasteiger partial charge on any atom is 0.337 e. The second-order valence-electron chi connectivity index (χ2n) is 4.93. The van der Waals surface area contributed by atoms with Gasteiger partial charge in [0.2, 0.25) is 10.0 Å². The second kappa shape index (κ2) is 7.22. The van der Waals surface area contributed by atoms with Crippen LogP contribution in [0, 0.1) is 0 Å². The van der Waals surface area contributed by atoms with Crippen molar-refractivity contribution in [3.05, 3.63) is 28.8 Å². The molecule has 0 aliphatic rings. The van der Waals surface area contributed by atoms with E-state index in [1.165, 1.54) is 23.5 Å². The maximum atomic E-state index is 12.4. The standard InChI is InChI=1S/C13H19ClN2O4S/c1-15(2)7-4-8-16(3)21(19,20)10-5-6-12(14)11(9-10)13(17)18/h5-6,9H,4,7-8H2,1-3H3,(H,17,18). The van der Waals surface area contributed by atoms with Gasteiger partial charge in [0, 0.05) is 13.6 Å². The van der Waals surface area contributed by atoms with E-state index >= 15 is 0 Å². The average molecular weight is 335 g/mol. The van der Waals surface area contributed by atoms with Crippen molar-refractivity contribution in [2.45, 2.75) is 11.3 Å². The summed E-state index contributed by atoms with van der Waals surface area (Å²) in [4.78, 5) is 12.9. The molecule has 1 N–H and O–H groups in total. The second-order valence-corrected chi connectivity index (χ2v) is 7.38. The summed E-state index contributed by atoms with van der Waals surface area (Å²) < 4.78 is 26.0. The minimum absolute atomic E-state index is 0.0108. The molecule has 0 aliphatic heterocycles. The van der Waals surface area contributed by atoms with Crippen LogP contribution >= 0.6 is 11.6 Å². The van der Waals surface area contributed by atoms with Gasteiger partial charge in [0.05, 0.1) is 15.5 Å². The summed E-state index contributed by atoms with van der Waals surface area (Å²) in [5.74, 6) is -1.26. The van der Waals surface area contributed by atoms with Gasteiger partial charge in [0.1, 0.15) is 0 Å². The minimum Gasteiger partial charge on any atom is -0.478 e. The molecule has 118 valence electrons. The van der Waals surface area contributed by atoms with Gasteiger partial charge >= 0.3 is 5.97 Å². The summed E-state index contributed by atoms with van der Waals surface area (Å²) in [7, 11) is 1.57. The summed E-state index contributed by atoms with van der Waals surface area (Å²) in [6.07, 6.45) is 0.683. The molecule has 1 aromatic carbocycles. The first kappa shape index (κ1) is 17.9. The van der Waals surface area contributed by atoms with Gasteiger partial charge in [-0.15, -0.1) is 0 Å². The fourth-order valence-electron chi connectivity index (χ4n) is 1.74. The van der Waals surface area contributed by atoms with Crippen molar-refractivity contribution in [2.75, 3.05) is 34.2 Å². The van der Waals surface area contributed by atoms with E-state index in [0.717, 1.165) is 12.6 Å². The molecule has 0 radical (unpaired) electrons.